The second-order valence-electron chi connectivity index (χ2n) is 5.17. The first-order valence-corrected chi connectivity index (χ1v) is 6.61. The highest BCUT2D eigenvalue weighted by molar-refractivity contribution is 5.29. The molecule has 3 nitrogen and oxygen atoms in total. The molecule has 1 unspecified atom stereocenters. The average molecular weight is 250 g/mol. The molecule has 3 heteroatoms. The molecular formula is C15H26N2O. The molecule has 0 saturated heterocycles. The lowest BCUT2D eigenvalue weighted by atomic mass is 10.0. The van der Waals surface area contributed by atoms with E-state index in [0.29, 0.717) is 6.04 Å². The topological polar surface area (TPSA) is 24.5 Å². The number of rotatable bonds is 7. The lowest BCUT2D eigenvalue weighted by Gasteiger charge is -2.19. The largest absolute Gasteiger partial charge is 0.491 e. The molecule has 18 heavy (non-hydrogen) atoms. The van der Waals surface area contributed by atoms with Gasteiger partial charge in [0.05, 0.1) is 6.10 Å². The van der Waals surface area contributed by atoms with Crippen LogP contribution in [-0.2, 0) is 0 Å². The van der Waals surface area contributed by atoms with Crippen LogP contribution in [0, 0.1) is 0 Å². The van der Waals surface area contributed by atoms with E-state index in [4.69, 9.17) is 4.74 Å². The number of hydrogen-bond donors (Lipinski definition) is 1. The van der Waals surface area contributed by atoms with Gasteiger partial charge in [-0.1, -0.05) is 12.1 Å². The van der Waals surface area contributed by atoms with Crippen molar-refractivity contribution in [3.05, 3.63) is 29.8 Å². The van der Waals surface area contributed by atoms with Gasteiger partial charge in [0.1, 0.15) is 5.75 Å². The molecule has 0 aliphatic rings. The lowest BCUT2D eigenvalue weighted by Crippen LogP contribution is -2.22. The van der Waals surface area contributed by atoms with Crippen LogP contribution < -0.4 is 10.1 Å². The Hall–Kier alpha value is -1.06. The molecule has 0 radical (unpaired) electrons. The van der Waals surface area contributed by atoms with Crippen LogP contribution in [0.3, 0.4) is 0 Å². The van der Waals surface area contributed by atoms with Gasteiger partial charge in [-0.05, 0) is 65.7 Å². The summed E-state index contributed by atoms with van der Waals surface area (Å²) in [5.41, 5.74) is 1.32. The molecule has 1 atom stereocenters. The molecule has 0 amide bonds. The summed E-state index contributed by atoms with van der Waals surface area (Å²) in [4.78, 5) is 2.21. The Morgan fingerprint density at radius 2 is 1.78 bits per heavy atom. The van der Waals surface area contributed by atoms with Crippen molar-refractivity contribution in [3.63, 3.8) is 0 Å². The molecule has 0 aliphatic carbocycles. The van der Waals surface area contributed by atoms with E-state index in [9.17, 15) is 0 Å². The maximum Gasteiger partial charge on any atom is 0.119 e. The third-order valence-electron chi connectivity index (χ3n) is 2.87. The lowest BCUT2D eigenvalue weighted by molar-refractivity contribution is 0.242. The van der Waals surface area contributed by atoms with Crippen LogP contribution in [0.2, 0.25) is 0 Å². The van der Waals surface area contributed by atoms with Crippen molar-refractivity contribution in [2.45, 2.75) is 32.4 Å². The van der Waals surface area contributed by atoms with E-state index in [1.165, 1.54) is 5.56 Å². The van der Waals surface area contributed by atoms with Gasteiger partial charge in [0.2, 0.25) is 0 Å². The first-order chi connectivity index (χ1) is 8.52. The Kier molecular flexibility index (Phi) is 6.16. The molecule has 0 heterocycles. The number of hydrogen-bond acceptors (Lipinski definition) is 3. The Morgan fingerprint density at radius 3 is 2.22 bits per heavy atom. The quantitative estimate of drug-likeness (QED) is 0.805. The molecule has 0 bridgehead atoms. The molecule has 1 aromatic rings. The van der Waals surface area contributed by atoms with Gasteiger partial charge >= 0.3 is 0 Å². The minimum Gasteiger partial charge on any atom is -0.491 e. The highest BCUT2D eigenvalue weighted by atomic mass is 16.5. The van der Waals surface area contributed by atoms with Crippen molar-refractivity contribution in [1.29, 1.82) is 0 Å². The third kappa shape index (κ3) is 5.07. The van der Waals surface area contributed by atoms with E-state index in [-0.39, 0.29) is 6.10 Å². The van der Waals surface area contributed by atoms with E-state index in [2.05, 4.69) is 48.6 Å². The van der Waals surface area contributed by atoms with Crippen molar-refractivity contribution >= 4 is 0 Å². The Morgan fingerprint density at radius 1 is 1.17 bits per heavy atom. The van der Waals surface area contributed by atoms with Gasteiger partial charge in [0.15, 0.2) is 0 Å². The van der Waals surface area contributed by atoms with Gasteiger partial charge in [-0.2, -0.15) is 0 Å². The maximum atomic E-state index is 5.65. The van der Waals surface area contributed by atoms with Crippen LogP contribution in [0.25, 0.3) is 0 Å². The fourth-order valence-corrected chi connectivity index (χ4v) is 1.92. The van der Waals surface area contributed by atoms with E-state index >= 15 is 0 Å². The Balaban J connectivity index is 2.63. The SMILES string of the molecule is CNC(CCN(C)C)c1ccc(OC(C)C)cc1. The van der Waals surface area contributed by atoms with Crippen LogP contribution >= 0.6 is 0 Å². The van der Waals surface area contributed by atoms with Gasteiger partial charge in [-0.15, -0.1) is 0 Å². The van der Waals surface area contributed by atoms with Crippen LogP contribution in [0.5, 0.6) is 5.75 Å². The van der Waals surface area contributed by atoms with Gasteiger partial charge in [0, 0.05) is 6.04 Å². The molecule has 0 saturated carbocycles. The fourth-order valence-electron chi connectivity index (χ4n) is 1.92. The van der Waals surface area contributed by atoms with Crippen LogP contribution in [0.1, 0.15) is 31.9 Å². The van der Waals surface area contributed by atoms with Crippen molar-refractivity contribution in [1.82, 2.24) is 10.2 Å². The summed E-state index contributed by atoms with van der Waals surface area (Å²) in [5, 5.41) is 3.37. The molecule has 0 fully saturated rings. The number of benzene rings is 1. The minimum absolute atomic E-state index is 0.227. The van der Waals surface area contributed by atoms with Gasteiger partial charge in [-0.3, -0.25) is 0 Å². The van der Waals surface area contributed by atoms with Crippen LogP contribution in [0.4, 0.5) is 0 Å². The van der Waals surface area contributed by atoms with Crippen molar-refractivity contribution in [3.8, 4) is 5.75 Å². The van der Waals surface area contributed by atoms with Crippen LogP contribution in [-0.4, -0.2) is 38.7 Å². The molecule has 102 valence electrons. The van der Waals surface area contributed by atoms with E-state index in [1.807, 2.05) is 20.9 Å². The van der Waals surface area contributed by atoms with Gasteiger partial charge in [-0.25, -0.2) is 0 Å². The first-order valence-electron chi connectivity index (χ1n) is 6.61. The summed E-state index contributed by atoms with van der Waals surface area (Å²) in [7, 11) is 6.22. The Labute approximate surface area is 111 Å². The summed E-state index contributed by atoms with van der Waals surface area (Å²) in [6.45, 7) is 5.17. The monoisotopic (exact) mass is 250 g/mol. The molecule has 1 N–H and O–H groups in total. The van der Waals surface area contributed by atoms with Crippen molar-refractivity contribution < 1.29 is 4.74 Å². The standard InChI is InChI=1S/C15H26N2O/c1-12(2)18-14-8-6-13(7-9-14)15(16-3)10-11-17(4)5/h6-9,12,15-16H,10-11H2,1-5H3. The van der Waals surface area contributed by atoms with E-state index in [0.717, 1.165) is 18.7 Å². The predicted molar refractivity (Wildman–Crippen MR) is 77.2 cm³/mol. The molecule has 1 aromatic carbocycles. The molecule has 1 rings (SSSR count). The average Bonchev–Trinajstić information content (AvgIpc) is 2.31. The highest BCUT2D eigenvalue weighted by Crippen LogP contribution is 2.20. The van der Waals surface area contributed by atoms with Crippen molar-refractivity contribution in [2.75, 3.05) is 27.7 Å². The van der Waals surface area contributed by atoms with E-state index in [1.54, 1.807) is 0 Å². The summed E-state index contributed by atoms with van der Waals surface area (Å²) in [5.74, 6) is 0.941. The summed E-state index contributed by atoms with van der Waals surface area (Å²) >= 11 is 0. The molecule has 0 aliphatic heterocycles. The number of ether oxygens (including phenoxy) is 1. The summed E-state index contributed by atoms with van der Waals surface area (Å²) < 4.78 is 5.65. The Bertz CT molecular complexity index is 333. The first kappa shape index (κ1) is 15.0. The van der Waals surface area contributed by atoms with Gasteiger partial charge in [0.25, 0.3) is 0 Å². The van der Waals surface area contributed by atoms with Crippen molar-refractivity contribution in [2.24, 2.45) is 0 Å². The second-order valence-corrected chi connectivity index (χ2v) is 5.17. The number of nitrogens with one attached hydrogen (secondary N) is 1. The normalized spacial score (nSPS) is 13.1. The van der Waals surface area contributed by atoms with E-state index < -0.39 is 0 Å². The zero-order chi connectivity index (χ0) is 13.5. The zero-order valence-electron chi connectivity index (χ0n) is 12.2. The zero-order valence-corrected chi connectivity index (χ0v) is 12.2. The summed E-state index contributed by atoms with van der Waals surface area (Å²) in [6, 6.07) is 8.80. The smallest absolute Gasteiger partial charge is 0.119 e. The van der Waals surface area contributed by atoms with Gasteiger partial charge < -0.3 is 15.0 Å². The highest BCUT2D eigenvalue weighted by Gasteiger charge is 2.09. The molecular weight excluding hydrogens is 224 g/mol. The van der Waals surface area contributed by atoms with Crippen LogP contribution in [0.15, 0.2) is 24.3 Å². The maximum absolute atomic E-state index is 5.65. The fraction of sp³-hybridized carbons (Fsp3) is 0.600. The summed E-state index contributed by atoms with van der Waals surface area (Å²) in [6.07, 6.45) is 1.33. The second kappa shape index (κ2) is 7.39. The third-order valence-corrected chi connectivity index (χ3v) is 2.87. The molecule has 0 spiro atoms. The number of nitrogens with zero attached hydrogens (tertiary/aromatic N) is 1. The predicted octanol–water partition coefficient (Wildman–Crippen LogP) is 2.69. The molecule has 0 aromatic heterocycles. The minimum atomic E-state index is 0.227.